The smallest absolute Gasteiger partial charge is 0.189 e. The minimum absolute atomic E-state index is 0.501. The Labute approximate surface area is 44.4 Å². The van der Waals surface area contributed by atoms with Crippen LogP contribution in [0.3, 0.4) is 0 Å². The lowest BCUT2D eigenvalue weighted by Crippen LogP contribution is -1.73. The third kappa shape index (κ3) is 6.19. The quantitative estimate of drug-likeness (QED) is 0.572. The molecule has 44 valence electrons. The van der Waals surface area contributed by atoms with Crippen LogP contribution in [0, 0.1) is 0 Å². The third-order valence-electron chi connectivity index (χ3n) is 0.744. The zero-order valence-corrected chi connectivity index (χ0v) is 5.48. The minimum atomic E-state index is -2.15. The maximum absolute atomic E-state index is 9.94. The van der Waals surface area contributed by atoms with Crippen LogP contribution in [0.1, 0.15) is 19.8 Å². The fourth-order valence-electron chi connectivity index (χ4n) is 0.328. The predicted octanol–water partition coefficient (Wildman–Crippen LogP) is 1.25. The molecule has 0 aromatic carbocycles. The Bertz CT molecular complexity index is 62.7. The Balaban J connectivity index is 2.82. The van der Waals surface area contributed by atoms with Gasteiger partial charge in [0.2, 0.25) is 0 Å². The third-order valence-corrected chi connectivity index (χ3v) is 1.53. The lowest BCUT2D eigenvalue weighted by Gasteiger charge is -1.87. The molecule has 0 aromatic rings. The van der Waals surface area contributed by atoms with Crippen molar-refractivity contribution in [3.8, 4) is 0 Å². The highest BCUT2D eigenvalue weighted by Gasteiger charge is 1.87. The van der Waals surface area contributed by atoms with E-state index in [1.165, 1.54) is 0 Å². The summed E-state index contributed by atoms with van der Waals surface area (Å²) in [4.78, 5) is 8.23. The van der Waals surface area contributed by atoms with Crippen molar-refractivity contribution in [2.45, 2.75) is 19.8 Å². The monoisotopic (exact) mass is 122 g/mol. The second-order valence-corrected chi connectivity index (χ2v) is 2.78. The average molecular weight is 122 g/mol. The topological polar surface area (TPSA) is 37.3 Å². The van der Waals surface area contributed by atoms with Gasteiger partial charge in [-0.05, 0) is 6.42 Å². The molecule has 0 fully saturated rings. The van der Waals surface area contributed by atoms with Crippen LogP contribution in [-0.2, 0) is 4.57 Å². The number of hydrogen-bond acceptors (Lipinski definition) is 1. The van der Waals surface area contributed by atoms with Gasteiger partial charge < -0.3 is 4.89 Å². The van der Waals surface area contributed by atoms with Crippen molar-refractivity contribution >= 4 is 8.03 Å². The first-order valence-electron chi connectivity index (χ1n) is 2.49. The Kier molecular flexibility index (Phi) is 4.47. The van der Waals surface area contributed by atoms with E-state index < -0.39 is 8.03 Å². The zero-order chi connectivity index (χ0) is 5.70. The van der Waals surface area contributed by atoms with Crippen LogP contribution < -0.4 is 0 Å². The normalized spacial score (nSPS) is 14.0. The van der Waals surface area contributed by atoms with Gasteiger partial charge in [0.05, 0.1) is 0 Å². The fourth-order valence-corrected chi connectivity index (χ4v) is 0.984. The van der Waals surface area contributed by atoms with Crippen molar-refractivity contribution in [3.63, 3.8) is 0 Å². The standard InChI is InChI=1S/C4H11O2P/c1-2-3-4-7(5)6/h7H,2-4H2,1H3,(H,5,6). The van der Waals surface area contributed by atoms with Gasteiger partial charge in [-0.2, -0.15) is 0 Å². The number of unbranched alkanes of at least 4 members (excludes halogenated alkanes) is 1. The molecule has 0 saturated carbocycles. The molecule has 0 rings (SSSR count). The van der Waals surface area contributed by atoms with Crippen molar-refractivity contribution < 1.29 is 9.46 Å². The second-order valence-electron chi connectivity index (χ2n) is 1.50. The number of hydrogen-bond donors (Lipinski definition) is 1. The zero-order valence-electron chi connectivity index (χ0n) is 4.48. The molecule has 0 aliphatic rings. The SMILES string of the molecule is CCCC[PH](=O)O. The van der Waals surface area contributed by atoms with Gasteiger partial charge in [-0.1, -0.05) is 13.3 Å². The molecule has 1 N–H and O–H groups in total. The summed E-state index contributed by atoms with van der Waals surface area (Å²) in [6.07, 6.45) is 2.40. The molecule has 0 heterocycles. The molecule has 1 atom stereocenters. The van der Waals surface area contributed by atoms with Gasteiger partial charge in [-0.15, -0.1) is 0 Å². The van der Waals surface area contributed by atoms with E-state index in [9.17, 15) is 4.57 Å². The molecule has 7 heavy (non-hydrogen) atoms. The molecule has 0 saturated heterocycles. The molecule has 0 amide bonds. The van der Waals surface area contributed by atoms with Crippen LogP contribution in [0.5, 0.6) is 0 Å². The summed E-state index contributed by atoms with van der Waals surface area (Å²) in [6.45, 7) is 2.00. The highest BCUT2D eigenvalue weighted by atomic mass is 31.1. The maximum Gasteiger partial charge on any atom is 0.189 e. The van der Waals surface area contributed by atoms with Crippen LogP contribution in [0.2, 0.25) is 0 Å². The van der Waals surface area contributed by atoms with Crippen molar-refractivity contribution in [1.29, 1.82) is 0 Å². The van der Waals surface area contributed by atoms with Crippen molar-refractivity contribution in [2.24, 2.45) is 0 Å². The molecule has 0 bridgehead atoms. The molecule has 0 radical (unpaired) electrons. The summed E-state index contributed by atoms with van der Waals surface area (Å²) >= 11 is 0. The van der Waals surface area contributed by atoms with Crippen molar-refractivity contribution in [3.05, 3.63) is 0 Å². The fraction of sp³-hybridized carbons (Fsp3) is 1.00. The van der Waals surface area contributed by atoms with E-state index in [2.05, 4.69) is 0 Å². The highest BCUT2D eigenvalue weighted by molar-refractivity contribution is 7.37. The van der Waals surface area contributed by atoms with Gasteiger partial charge in [0, 0.05) is 6.16 Å². The highest BCUT2D eigenvalue weighted by Crippen LogP contribution is 2.13. The molecule has 2 nitrogen and oxygen atoms in total. The summed E-state index contributed by atoms with van der Waals surface area (Å²) in [5.41, 5.74) is 0. The largest absolute Gasteiger partial charge is 0.346 e. The molecule has 3 heteroatoms. The summed E-state index contributed by atoms with van der Waals surface area (Å²) in [5, 5.41) is 0. The lowest BCUT2D eigenvalue weighted by molar-refractivity contribution is 0.501. The first-order chi connectivity index (χ1) is 3.27. The van der Waals surface area contributed by atoms with Crippen LogP contribution in [0.25, 0.3) is 0 Å². The lowest BCUT2D eigenvalue weighted by atomic mass is 10.4. The van der Waals surface area contributed by atoms with Crippen LogP contribution in [0.4, 0.5) is 0 Å². The van der Waals surface area contributed by atoms with Gasteiger partial charge in [-0.25, -0.2) is 0 Å². The van der Waals surface area contributed by atoms with E-state index in [4.69, 9.17) is 4.89 Å². The molecular weight excluding hydrogens is 111 g/mol. The van der Waals surface area contributed by atoms with Gasteiger partial charge in [0.25, 0.3) is 0 Å². The molecule has 0 aliphatic carbocycles. The van der Waals surface area contributed by atoms with E-state index in [0.717, 1.165) is 12.8 Å². The molecule has 0 spiro atoms. The summed E-state index contributed by atoms with van der Waals surface area (Å²) in [5.74, 6) is 0. The Morgan fingerprint density at radius 3 is 2.43 bits per heavy atom. The van der Waals surface area contributed by atoms with E-state index >= 15 is 0 Å². The number of rotatable bonds is 3. The summed E-state index contributed by atoms with van der Waals surface area (Å²) < 4.78 is 9.94. The summed E-state index contributed by atoms with van der Waals surface area (Å²) in [6, 6.07) is 0. The maximum atomic E-state index is 9.94. The first-order valence-corrected chi connectivity index (χ1v) is 4.05. The van der Waals surface area contributed by atoms with Crippen molar-refractivity contribution in [2.75, 3.05) is 6.16 Å². The second kappa shape index (κ2) is 4.35. The van der Waals surface area contributed by atoms with Crippen LogP contribution >= 0.6 is 8.03 Å². The van der Waals surface area contributed by atoms with E-state index in [0.29, 0.717) is 6.16 Å². The van der Waals surface area contributed by atoms with E-state index in [1.54, 1.807) is 0 Å². The molecule has 0 aliphatic heterocycles. The Hall–Kier alpha value is 0.190. The molecule has 1 unspecified atom stereocenters. The van der Waals surface area contributed by atoms with E-state index in [1.807, 2.05) is 6.92 Å². The first kappa shape index (κ1) is 7.19. The van der Waals surface area contributed by atoms with Gasteiger partial charge in [0.15, 0.2) is 8.03 Å². The Morgan fingerprint density at radius 1 is 1.71 bits per heavy atom. The predicted molar refractivity (Wildman–Crippen MR) is 31.0 cm³/mol. The van der Waals surface area contributed by atoms with Gasteiger partial charge >= 0.3 is 0 Å². The van der Waals surface area contributed by atoms with Crippen LogP contribution in [0.15, 0.2) is 0 Å². The Morgan fingerprint density at radius 2 is 2.29 bits per heavy atom. The van der Waals surface area contributed by atoms with Gasteiger partial charge in [-0.3, -0.25) is 4.57 Å². The average Bonchev–Trinajstić information content (AvgIpc) is 1.61. The minimum Gasteiger partial charge on any atom is -0.346 e. The van der Waals surface area contributed by atoms with Gasteiger partial charge in [0.1, 0.15) is 0 Å². The van der Waals surface area contributed by atoms with Crippen molar-refractivity contribution in [1.82, 2.24) is 0 Å². The molecule has 0 aromatic heterocycles. The van der Waals surface area contributed by atoms with E-state index in [-0.39, 0.29) is 0 Å². The molecular formula is C4H11O2P. The summed E-state index contributed by atoms with van der Waals surface area (Å²) in [7, 11) is -2.15. The van der Waals surface area contributed by atoms with Crippen LogP contribution in [-0.4, -0.2) is 11.1 Å².